The molecular weight excluding hydrogens is 382 g/mol. The average Bonchev–Trinajstić information content (AvgIpc) is 2.93. The minimum absolute atomic E-state index is 0.314. The van der Waals surface area contributed by atoms with E-state index in [1.54, 1.807) is 43.5 Å². The number of nitrogens with one attached hydrogen (secondary N) is 2. The molecule has 0 saturated heterocycles. The number of nitrogens with zero attached hydrogens (tertiary/aromatic N) is 1. The standard InChI is InChI=1S/C19H25N3O5S/c1-19(2,3)27-18(24)21-8-6-7-9-22-15-13(25-4)10-12(16(23)26-5)11-14(15)28-17(22)20/h6-7,10-11,20H,8-9H2,1-5H3,(H,21,24). The number of methoxy groups -OCH3 is 2. The molecule has 0 radical (unpaired) electrons. The van der Waals surface area contributed by atoms with Crippen molar-refractivity contribution in [1.29, 1.82) is 5.41 Å². The molecule has 9 heteroatoms. The zero-order valence-electron chi connectivity index (χ0n) is 16.6. The Morgan fingerprint density at radius 3 is 2.57 bits per heavy atom. The Kier molecular flexibility index (Phi) is 6.85. The first-order valence-corrected chi connectivity index (χ1v) is 9.44. The summed E-state index contributed by atoms with van der Waals surface area (Å²) in [5, 5.41) is 10.9. The molecule has 0 bridgehead atoms. The average molecular weight is 407 g/mol. The number of allylic oxidation sites excluding steroid dienone is 1. The second-order valence-corrected chi connectivity index (χ2v) is 7.92. The van der Waals surface area contributed by atoms with Gasteiger partial charge in [-0.05, 0) is 32.9 Å². The smallest absolute Gasteiger partial charge is 0.407 e. The number of carbonyl (C=O) groups excluding carboxylic acids is 2. The fourth-order valence-corrected chi connectivity index (χ4v) is 3.45. The Hall–Kier alpha value is -2.81. The highest BCUT2D eigenvalue weighted by molar-refractivity contribution is 7.16. The van der Waals surface area contributed by atoms with E-state index in [-0.39, 0.29) is 0 Å². The van der Waals surface area contributed by atoms with Crippen LogP contribution in [0.3, 0.4) is 0 Å². The first-order chi connectivity index (χ1) is 13.2. The topological polar surface area (TPSA) is 103 Å². The Morgan fingerprint density at radius 2 is 1.96 bits per heavy atom. The van der Waals surface area contributed by atoms with Crippen LogP contribution in [0.2, 0.25) is 0 Å². The summed E-state index contributed by atoms with van der Waals surface area (Å²) in [5.74, 6) is 0.0349. The Morgan fingerprint density at radius 1 is 1.25 bits per heavy atom. The van der Waals surface area contributed by atoms with Crippen LogP contribution in [0, 0.1) is 5.41 Å². The predicted molar refractivity (Wildman–Crippen MR) is 107 cm³/mol. The molecule has 0 spiro atoms. The van der Waals surface area contributed by atoms with Crippen molar-refractivity contribution in [1.82, 2.24) is 9.88 Å². The van der Waals surface area contributed by atoms with E-state index in [9.17, 15) is 9.59 Å². The number of thiazole rings is 1. The number of hydrogen-bond donors (Lipinski definition) is 2. The van der Waals surface area contributed by atoms with Gasteiger partial charge in [0.2, 0.25) is 0 Å². The summed E-state index contributed by atoms with van der Waals surface area (Å²) in [4.78, 5) is 23.8. The summed E-state index contributed by atoms with van der Waals surface area (Å²) in [6, 6.07) is 3.29. The highest BCUT2D eigenvalue weighted by Gasteiger charge is 2.16. The van der Waals surface area contributed by atoms with Crippen LogP contribution in [0.25, 0.3) is 10.2 Å². The van der Waals surface area contributed by atoms with E-state index in [1.807, 2.05) is 6.08 Å². The number of benzene rings is 1. The van der Waals surface area contributed by atoms with Crippen LogP contribution in [-0.4, -0.2) is 43.0 Å². The van der Waals surface area contributed by atoms with Gasteiger partial charge in [-0.2, -0.15) is 0 Å². The molecule has 0 aliphatic heterocycles. The summed E-state index contributed by atoms with van der Waals surface area (Å²) in [7, 11) is 2.84. The SMILES string of the molecule is COC(=O)c1cc(OC)c2c(c1)sc(=N)n2CC=CCNC(=O)OC(C)(C)C. The minimum Gasteiger partial charge on any atom is -0.494 e. The number of carbonyl (C=O) groups is 2. The molecule has 1 heterocycles. The van der Waals surface area contributed by atoms with E-state index >= 15 is 0 Å². The molecule has 1 aromatic carbocycles. The number of ether oxygens (including phenoxy) is 3. The third-order valence-corrected chi connectivity index (χ3v) is 4.57. The van der Waals surface area contributed by atoms with Gasteiger partial charge in [-0.15, -0.1) is 0 Å². The van der Waals surface area contributed by atoms with E-state index < -0.39 is 17.7 Å². The molecule has 0 unspecified atom stereocenters. The number of amides is 1. The number of aromatic nitrogens is 1. The monoisotopic (exact) mass is 407 g/mol. The summed E-state index contributed by atoms with van der Waals surface area (Å²) in [5.41, 5.74) is 0.561. The molecule has 2 aromatic rings. The van der Waals surface area contributed by atoms with E-state index in [0.29, 0.717) is 29.2 Å². The number of fused-ring (bicyclic) bond motifs is 1. The maximum Gasteiger partial charge on any atom is 0.407 e. The van der Waals surface area contributed by atoms with Crippen molar-refractivity contribution >= 4 is 33.6 Å². The fraction of sp³-hybridized carbons (Fsp3) is 0.421. The van der Waals surface area contributed by atoms with Crippen molar-refractivity contribution in [2.45, 2.75) is 32.9 Å². The summed E-state index contributed by atoms with van der Waals surface area (Å²) in [6.07, 6.45) is 3.15. The summed E-state index contributed by atoms with van der Waals surface area (Å²) in [6.45, 7) is 6.14. The van der Waals surface area contributed by atoms with Gasteiger partial charge < -0.3 is 24.1 Å². The first kappa shape index (κ1) is 21.5. The van der Waals surface area contributed by atoms with Gasteiger partial charge in [-0.1, -0.05) is 23.5 Å². The Balaban J connectivity index is 2.15. The largest absolute Gasteiger partial charge is 0.494 e. The molecule has 8 nitrogen and oxygen atoms in total. The van der Waals surface area contributed by atoms with Crippen molar-refractivity contribution in [3.63, 3.8) is 0 Å². The normalized spacial score (nSPS) is 11.6. The van der Waals surface area contributed by atoms with Gasteiger partial charge in [-0.3, -0.25) is 5.41 Å². The molecule has 152 valence electrons. The lowest BCUT2D eigenvalue weighted by molar-refractivity contribution is 0.0532. The lowest BCUT2D eigenvalue weighted by atomic mass is 10.2. The summed E-state index contributed by atoms with van der Waals surface area (Å²) >= 11 is 1.24. The number of rotatable bonds is 6. The van der Waals surface area contributed by atoms with Crippen molar-refractivity contribution in [2.75, 3.05) is 20.8 Å². The van der Waals surface area contributed by atoms with Gasteiger partial charge in [0.15, 0.2) is 4.80 Å². The second kappa shape index (κ2) is 8.92. The molecule has 2 rings (SSSR count). The molecule has 28 heavy (non-hydrogen) atoms. The Labute approximate surface area is 167 Å². The number of hydrogen-bond acceptors (Lipinski definition) is 7. The van der Waals surface area contributed by atoms with E-state index in [0.717, 1.165) is 10.2 Å². The molecular formula is C19H25N3O5S. The van der Waals surface area contributed by atoms with Crippen LogP contribution >= 0.6 is 11.3 Å². The van der Waals surface area contributed by atoms with Crippen LogP contribution in [0.1, 0.15) is 31.1 Å². The van der Waals surface area contributed by atoms with Crippen LogP contribution in [0.15, 0.2) is 24.3 Å². The van der Waals surface area contributed by atoms with Crippen molar-refractivity contribution in [3.05, 3.63) is 34.6 Å². The van der Waals surface area contributed by atoms with Crippen LogP contribution in [0.5, 0.6) is 5.75 Å². The maximum absolute atomic E-state index is 11.8. The third-order valence-electron chi connectivity index (χ3n) is 3.62. The molecule has 1 aromatic heterocycles. The first-order valence-electron chi connectivity index (χ1n) is 8.62. The molecule has 0 fully saturated rings. The van der Waals surface area contributed by atoms with Gasteiger partial charge in [0.1, 0.15) is 16.9 Å². The third kappa shape index (κ3) is 5.35. The minimum atomic E-state index is -0.543. The predicted octanol–water partition coefficient (Wildman–Crippen LogP) is 3.06. The van der Waals surface area contributed by atoms with Gasteiger partial charge >= 0.3 is 12.1 Å². The van der Waals surface area contributed by atoms with Gasteiger partial charge in [-0.25, -0.2) is 9.59 Å². The van der Waals surface area contributed by atoms with Gasteiger partial charge in [0.25, 0.3) is 0 Å². The molecule has 2 N–H and O–H groups in total. The number of alkyl carbamates (subject to hydrolysis) is 1. The highest BCUT2D eigenvalue weighted by Crippen LogP contribution is 2.29. The summed E-state index contributed by atoms with van der Waals surface area (Å²) < 4.78 is 17.9. The van der Waals surface area contributed by atoms with Crippen LogP contribution < -0.4 is 14.9 Å². The van der Waals surface area contributed by atoms with Crippen molar-refractivity contribution in [2.24, 2.45) is 0 Å². The van der Waals surface area contributed by atoms with Gasteiger partial charge in [0, 0.05) is 13.1 Å². The highest BCUT2D eigenvalue weighted by atomic mass is 32.1. The quantitative estimate of drug-likeness (QED) is 0.566. The van der Waals surface area contributed by atoms with Crippen LogP contribution in [0.4, 0.5) is 4.79 Å². The Bertz CT molecular complexity index is 953. The van der Waals surface area contributed by atoms with Crippen LogP contribution in [-0.2, 0) is 16.0 Å². The molecule has 1 amide bonds. The van der Waals surface area contributed by atoms with E-state index in [2.05, 4.69) is 5.32 Å². The second-order valence-electron chi connectivity index (χ2n) is 6.89. The molecule has 0 aliphatic rings. The van der Waals surface area contributed by atoms with Crippen molar-refractivity contribution in [3.8, 4) is 5.75 Å². The van der Waals surface area contributed by atoms with E-state index in [1.165, 1.54) is 25.6 Å². The molecule has 0 aliphatic carbocycles. The fourth-order valence-electron chi connectivity index (χ4n) is 2.47. The zero-order valence-corrected chi connectivity index (χ0v) is 17.4. The molecule has 0 saturated carbocycles. The lowest BCUT2D eigenvalue weighted by Gasteiger charge is -2.19. The zero-order chi connectivity index (χ0) is 20.9. The lowest BCUT2D eigenvalue weighted by Crippen LogP contribution is -2.32. The maximum atomic E-state index is 11.8. The van der Waals surface area contributed by atoms with Gasteiger partial charge in [0.05, 0.1) is 24.5 Å². The van der Waals surface area contributed by atoms with E-state index in [4.69, 9.17) is 19.6 Å². The molecule has 0 atom stereocenters. The number of esters is 1. The van der Waals surface area contributed by atoms with Crippen molar-refractivity contribution < 1.29 is 23.8 Å².